The molecule has 11 rings (SSSR count). The van der Waals surface area contributed by atoms with Gasteiger partial charge in [0.15, 0.2) is 23.1 Å². The summed E-state index contributed by atoms with van der Waals surface area (Å²) in [7, 11) is 1.72. The molecule has 2 saturated carbocycles. The van der Waals surface area contributed by atoms with Crippen molar-refractivity contribution in [3.8, 4) is 18.0 Å². The van der Waals surface area contributed by atoms with E-state index >= 15 is 9.59 Å². The highest BCUT2D eigenvalue weighted by Gasteiger charge is 2.53. The number of nitrogens with two attached hydrogens (primary N) is 5. The number of nitrogen functional groups attached to an aromatic ring is 2. The Morgan fingerprint density at radius 2 is 1.41 bits per heavy atom. The first-order valence-electron chi connectivity index (χ1n) is 30.5. The number of aromatic nitrogens is 6. The van der Waals surface area contributed by atoms with Crippen molar-refractivity contribution < 1.29 is 14.6 Å². The molecule has 0 bridgehead atoms. The van der Waals surface area contributed by atoms with Crippen LogP contribution >= 0.6 is 22.7 Å². The number of aromatic amines is 1. The molecule has 5 aromatic rings. The van der Waals surface area contributed by atoms with E-state index in [-0.39, 0.29) is 46.8 Å². The Balaban J connectivity index is 0.966. The minimum atomic E-state index is -1.11. The van der Waals surface area contributed by atoms with Gasteiger partial charge in [0.05, 0.1) is 58.0 Å². The van der Waals surface area contributed by atoms with Crippen molar-refractivity contribution in [1.82, 2.24) is 34.3 Å². The highest BCUT2D eigenvalue weighted by molar-refractivity contribution is 7.16. The van der Waals surface area contributed by atoms with Gasteiger partial charge in [-0.05, 0) is 130 Å². The quantitative estimate of drug-likeness (QED) is 0.0481. The lowest BCUT2D eigenvalue weighted by molar-refractivity contribution is -0.373. The summed E-state index contributed by atoms with van der Waals surface area (Å²) in [5.41, 5.74) is 37.9. The van der Waals surface area contributed by atoms with E-state index in [1.807, 2.05) is 35.0 Å². The van der Waals surface area contributed by atoms with Crippen LogP contribution in [0.3, 0.4) is 0 Å². The van der Waals surface area contributed by atoms with E-state index in [1.165, 1.54) is 22.7 Å². The number of nitrogens with zero attached hydrogens (tertiary/aromatic N) is 12. The van der Waals surface area contributed by atoms with Gasteiger partial charge in [-0.15, -0.1) is 29.3 Å². The van der Waals surface area contributed by atoms with Gasteiger partial charge in [0, 0.05) is 108 Å². The van der Waals surface area contributed by atoms with Gasteiger partial charge in [-0.25, -0.2) is 19.9 Å². The van der Waals surface area contributed by atoms with Gasteiger partial charge >= 0.3 is 0 Å². The highest BCUT2D eigenvalue weighted by Crippen LogP contribution is 2.57. The van der Waals surface area contributed by atoms with Crippen LogP contribution in [-0.2, 0) is 26.8 Å². The molecule has 5 aromatic heterocycles. The number of thiophene rings is 2. The Labute approximate surface area is 512 Å². The van der Waals surface area contributed by atoms with Crippen molar-refractivity contribution in [2.75, 3.05) is 67.6 Å². The third-order valence-corrected chi connectivity index (χ3v) is 21.5. The molecular formula is C64H81N18O2S2+. The minimum Gasteiger partial charge on any atom is -0.396 e. The number of nitriles is 2. The monoisotopic (exact) mass is 1200 g/mol. The summed E-state index contributed by atoms with van der Waals surface area (Å²) in [6.45, 7) is 20.3. The predicted molar refractivity (Wildman–Crippen MR) is 341 cm³/mol. The molecule has 1 unspecified atom stereocenters. The lowest BCUT2D eigenvalue weighted by atomic mass is 9.59. The first-order chi connectivity index (χ1) is 41.4. The largest absolute Gasteiger partial charge is 0.396 e. The summed E-state index contributed by atoms with van der Waals surface area (Å²) in [6.07, 6.45) is 17.2. The number of hydrogen-bond acceptors (Lipinski definition) is 20. The molecule has 86 heavy (non-hydrogen) atoms. The van der Waals surface area contributed by atoms with E-state index in [9.17, 15) is 10.5 Å². The Bertz CT molecular complexity index is 3710. The Kier molecular flexibility index (Phi) is 16.9. The number of Topliss-reactive ketones (excluding diaryl/α,β-unsaturated/α-hetero) is 2. The molecule has 0 aromatic carbocycles. The van der Waals surface area contributed by atoms with Gasteiger partial charge in [-0.1, -0.05) is 11.1 Å². The molecule has 7 heterocycles. The third-order valence-electron chi connectivity index (χ3n) is 19.3. The van der Waals surface area contributed by atoms with Crippen LogP contribution in [0.2, 0.25) is 0 Å². The number of anilines is 4. The van der Waals surface area contributed by atoms with Crippen LogP contribution in [0.25, 0.3) is 22.9 Å². The average Bonchev–Trinajstić information content (AvgIpc) is 1.42. The number of carbonyl (C=O) groups excluding carboxylic acids is 2. The maximum Gasteiger partial charge on any atom is 0.284 e. The second-order valence-electron chi connectivity index (χ2n) is 24.8. The van der Waals surface area contributed by atoms with Crippen molar-refractivity contribution >= 4 is 78.7 Å². The molecular weight excluding hydrogens is 1120 g/mol. The van der Waals surface area contributed by atoms with Crippen molar-refractivity contribution in [3.63, 3.8) is 0 Å². The molecule has 0 radical (unpaired) electrons. The zero-order chi connectivity index (χ0) is 60.9. The first-order valence-corrected chi connectivity index (χ1v) is 32.1. The first kappa shape index (κ1) is 59.9. The Morgan fingerprint density at radius 3 is 2.05 bits per heavy atom. The predicted octanol–water partition coefficient (Wildman–Crippen LogP) is 7.69. The van der Waals surface area contributed by atoms with E-state index in [0.717, 1.165) is 86.1 Å². The van der Waals surface area contributed by atoms with E-state index in [0.29, 0.717) is 142 Å². The van der Waals surface area contributed by atoms with Gasteiger partial charge in [0.2, 0.25) is 5.82 Å². The lowest BCUT2D eigenvalue weighted by Gasteiger charge is -2.42. The number of aliphatic imine (C=N–C) groups is 1. The normalized spacial score (nSPS) is 25.7. The molecule has 6 aliphatic rings. The van der Waals surface area contributed by atoms with Crippen LogP contribution < -0.4 is 43.5 Å². The number of ketones is 2. The highest BCUT2D eigenvalue weighted by atomic mass is 32.1. The summed E-state index contributed by atoms with van der Waals surface area (Å²) >= 11 is 2.73. The maximum absolute atomic E-state index is 15.7. The molecule has 2 spiro atoms. The molecule has 450 valence electrons. The van der Waals surface area contributed by atoms with Crippen molar-refractivity contribution in [2.24, 2.45) is 22.2 Å². The summed E-state index contributed by atoms with van der Waals surface area (Å²) < 4.78 is 1.82. The molecule has 22 heteroatoms. The van der Waals surface area contributed by atoms with E-state index in [2.05, 4.69) is 82.9 Å². The lowest BCUT2D eigenvalue weighted by Crippen LogP contribution is -2.45. The van der Waals surface area contributed by atoms with Crippen LogP contribution in [0.4, 0.5) is 21.6 Å². The number of hydrogen-bond donors (Lipinski definition) is 5. The third kappa shape index (κ3) is 10.6. The van der Waals surface area contributed by atoms with Crippen LogP contribution in [0.5, 0.6) is 0 Å². The fourth-order valence-electron chi connectivity index (χ4n) is 14.8. The number of carbonyl (C=O) groups is 2. The topological polar surface area (TPSA) is 308 Å². The number of fused-ring (bicyclic) bond motifs is 4. The molecule has 11 N–H and O–H groups in total. The van der Waals surface area contributed by atoms with Gasteiger partial charge in [-0.3, -0.25) is 33.8 Å². The zero-order valence-corrected chi connectivity index (χ0v) is 52.1. The Morgan fingerprint density at radius 1 is 0.791 bits per heavy atom. The summed E-state index contributed by atoms with van der Waals surface area (Å²) in [4.78, 5) is 70.4. The summed E-state index contributed by atoms with van der Waals surface area (Å²) in [5.74, 6) is 1.94. The van der Waals surface area contributed by atoms with Crippen molar-refractivity contribution in [2.45, 2.75) is 159 Å². The maximum atomic E-state index is 15.7. The molecule has 0 amide bonds. The van der Waals surface area contributed by atoms with Gasteiger partial charge in [0.25, 0.3) is 5.82 Å². The summed E-state index contributed by atoms with van der Waals surface area (Å²) in [5, 5.41) is 22.1. The number of rotatable bonds is 11. The van der Waals surface area contributed by atoms with Crippen LogP contribution in [0.1, 0.15) is 167 Å². The fourth-order valence-corrected chi connectivity index (χ4v) is 17.2. The van der Waals surface area contributed by atoms with E-state index in [4.69, 9.17) is 48.6 Å². The Hall–Kier alpha value is -7.76. The molecule has 4 aliphatic carbocycles. The number of allylic oxidation sites excluding steroid dienone is 3. The molecule has 2 aliphatic heterocycles. The van der Waals surface area contributed by atoms with Crippen LogP contribution in [0, 0.1) is 22.7 Å². The van der Waals surface area contributed by atoms with Crippen molar-refractivity contribution in [1.29, 1.82) is 10.5 Å². The second-order valence-corrected chi connectivity index (χ2v) is 27.0. The van der Waals surface area contributed by atoms with E-state index < -0.39 is 10.8 Å². The average molecular weight is 1200 g/mol. The number of H-pyrrole nitrogens is 1. The van der Waals surface area contributed by atoms with Gasteiger partial charge in [0.1, 0.15) is 45.8 Å². The number of imidazole rings is 1. The number of nitrogens with one attached hydrogen (secondary N) is 1. The van der Waals surface area contributed by atoms with Crippen molar-refractivity contribution in [3.05, 3.63) is 110 Å². The fraction of sp³-hybridized carbons (Fsp3) is 0.500. The van der Waals surface area contributed by atoms with Gasteiger partial charge in [-0.2, -0.15) is 10.5 Å². The molecule has 4 fully saturated rings. The summed E-state index contributed by atoms with van der Waals surface area (Å²) in [6, 6.07) is 9.41. The standard InChI is InChI=1S/C64H80N18O2S2/c1-8-39-34-79(37(4)5)24-13-26-82(39)51-30-49(80-27-22-73-35-80)75-62(77-51)55(69)42-15-10-19-64(58(42)84)21-17-40(56-53(64)44(32-66)60(71)86-56)46(72-7)28-45(67)47-29-50(81-25-12-23-78(36(2)3)33-38(81)6)76-61(74-47)54(68)41-14-9-18-63(57(41)83)20-11-16-48-52(63)43(31-65)59(70)85-48/h8,22,27-30,35-40H,1,9-21,23-26,33-34,67-71H2,2-7H3/p+1/b45-28-,54-41-,55-42-,72-46?/t38-,39-,40?,63-,64-/m0/s1. The smallest absolute Gasteiger partial charge is 0.284 e. The van der Waals surface area contributed by atoms with E-state index in [1.54, 1.807) is 19.6 Å². The van der Waals surface area contributed by atoms with Crippen LogP contribution in [-0.4, -0.2) is 122 Å². The molecule has 20 nitrogen and oxygen atoms in total. The molecule has 2 saturated heterocycles. The van der Waals surface area contributed by atoms with Gasteiger partial charge < -0.3 is 33.6 Å². The second kappa shape index (κ2) is 24.2. The molecule has 5 atom stereocenters. The SMILES string of the molecule is C=C[C@H]1CN(C(C)C)CCCN1c1cc(-n2ccnc2)nc(/C(N)=C2\CCC[C@@]3(CCC(C(/C=C(\N)c4cc(N5CCCN(C(C)C)C[C@@H]5C)[nH+]c(/C(N)=C5\CCC[C@@]6(CCCc7sc(N)c(C#N)c76)C5=O)n4)=NC)c4sc(N)c(C#N)c43)C2=O)n1. The number of aryl methyl sites for hydroxylation is 1. The zero-order valence-electron chi connectivity index (χ0n) is 50.5. The van der Waals surface area contributed by atoms with Crippen LogP contribution in [0.15, 0.2) is 65.7 Å². The minimum absolute atomic E-state index is 0.0422.